The van der Waals surface area contributed by atoms with Crippen molar-refractivity contribution >= 4 is 11.0 Å². The number of aryl methyl sites for hydroxylation is 1. The molecule has 0 atom stereocenters. The average molecular weight is 246 g/mol. The van der Waals surface area contributed by atoms with Gasteiger partial charge in [-0.3, -0.25) is 0 Å². The first kappa shape index (κ1) is 13.1. The van der Waals surface area contributed by atoms with Gasteiger partial charge in [0.25, 0.3) is 0 Å². The second-order valence-electron chi connectivity index (χ2n) is 4.67. The van der Waals surface area contributed by atoms with Gasteiger partial charge in [-0.05, 0) is 50.7 Å². The van der Waals surface area contributed by atoms with Crippen molar-refractivity contribution in [2.45, 2.75) is 19.4 Å². The first-order chi connectivity index (χ1) is 8.81. The van der Waals surface area contributed by atoms with E-state index in [9.17, 15) is 0 Å². The van der Waals surface area contributed by atoms with Gasteiger partial charge in [0.2, 0.25) is 0 Å². The zero-order valence-corrected chi connectivity index (χ0v) is 11.2. The summed E-state index contributed by atoms with van der Waals surface area (Å²) in [7, 11) is 4.02. The Labute approximate surface area is 108 Å². The van der Waals surface area contributed by atoms with Crippen molar-refractivity contribution in [3.8, 4) is 0 Å². The van der Waals surface area contributed by atoms with Crippen molar-refractivity contribution in [2.75, 3.05) is 20.1 Å². The lowest BCUT2D eigenvalue weighted by molar-refractivity contribution is 0.606. The third-order valence-electron chi connectivity index (χ3n) is 3.15. The monoisotopic (exact) mass is 246 g/mol. The minimum atomic E-state index is 0.923. The molecule has 2 N–H and O–H groups in total. The molecule has 0 saturated carbocycles. The molecule has 2 aromatic rings. The van der Waals surface area contributed by atoms with E-state index in [1.807, 2.05) is 25.0 Å². The molecule has 0 amide bonds. The summed E-state index contributed by atoms with van der Waals surface area (Å²) in [6.45, 7) is 3.09. The number of nitrogens with zero attached hydrogens (tertiary/aromatic N) is 2. The number of benzene rings is 1. The quantitative estimate of drug-likeness (QED) is 0.730. The number of nitrogens with one attached hydrogen (secondary N) is 2. The Morgan fingerprint density at radius 1 is 1.22 bits per heavy atom. The molecule has 0 aliphatic carbocycles. The van der Waals surface area contributed by atoms with E-state index in [-0.39, 0.29) is 0 Å². The lowest BCUT2D eigenvalue weighted by Gasteiger charge is -2.05. The van der Waals surface area contributed by atoms with Gasteiger partial charge in [-0.25, -0.2) is 4.98 Å². The van der Waals surface area contributed by atoms with Crippen molar-refractivity contribution < 1.29 is 0 Å². The molecule has 1 heterocycles. The summed E-state index contributed by atoms with van der Waals surface area (Å²) in [5.41, 5.74) is 3.56. The van der Waals surface area contributed by atoms with Crippen LogP contribution in [-0.2, 0) is 13.6 Å². The summed E-state index contributed by atoms with van der Waals surface area (Å²) in [5.74, 6) is 0. The van der Waals surface area contributed by atoms with Gasteiger partial charge in [0.05, 0.1) is 17.4 Å². The van der Waals surface area contributed by atoms with Crippen molar-refractivity contribution in [3.05, 3.63) is 30.1 Å². The molecule has 0 aliphatic rings. The Morgan fingerprint density at radius 2 is 2.06 bits per heavy atom. The lowest BCUT2D eigenvalue weighted by atomic mass is 10.2. The van der Waals surface area contributed by atoms with Gasteiger partial charge in [0.15, 0.2) is 0 Å². The van der Waals surface area contributed by atoms with E-state index in [1.165, 1.54) is 23.9 Å². The molecule has 4 nitrogen and oxygen atoms in total. The molecule has 1 aromatic carbocycles. The predicted octanol–water partition coefficient (Wildman–Crippen LogP) is 1.66. The second-order valence-corrected chi connectivity index (χ2v) is 4.67. The molecule has 0 saturated heterocycles. The maximum absolute atomic E-state index is 4.37. The van der Waals surface area contributed by atoms with Crippen LogP contribution in [-0.4, -0.2) is 29.7 Å². The van der Waals surface area contributed by atoms with E-state index in [1.54, 1.807) is 0 Å². The Kier molecular flexibility index (Phi) is 4.73. The van der Waals surface area contributed by atoms with Gasteiger partial charge in [0, 0.05) is 13.6 Å². The molecule has 98 valence electrons. The fourth-order valence-electron chi connectivity index (χ4n) is 2.08. The number of hydrogen-bond acceptors (Lipinski definition) is 3. The molecule has 1 aromatic heterocycles. The van der Waals surface area contributed by atoms with Gasteiger partial charge in [-0.15, -0.1) is 0 Å². The van der Waals surface area contributed by atoms with Crippen LogP contribution in [0.2, 0.25) is 0 Å². The zero-order valence-electron chi connectivity index (χ0n) is 11.2. The number of imidazole rings is 1. The molecule has 0 spiro atoms. The fourth-order valence-corrected chi connectivity index (χ4v) is 2.08. The summed E-state index contributed by atoms with van der Waals surface area (Å²) in [6.07, 6.45) is 4.30. The van der Waals surface area contributed by atoms with Gasteiger partial charge >= 0.3 is 0 Å². The zero-order chi connectivity index (χ0) is 12.8. The maximum Gasteiger partial charge on any atom is 0.0955 e. The fraction of sp³-hybridized carbons (Fsp3) is 0.500. The van der Waals surface area contributed by atoms with E-state index in [0.717, 1.165) is 25.2 Å². The summed E-state index contributed by atoms with van der Waals surface area (Å²) in [5, 5.41) is 6.63. The molecule has 2 rings (SSSR count). The van der Waals surface area contributed by atoms with Crippen LogP contribution in [0.4, 0.5) is 0 Å². The van der Waals surface area contributed by atoms with E-state index in [0.29, 0.717) is 0 Å². The minimum absolute atomic E-state index is 0.923. The minimum Gasteiger partial charge on any atom is -0.334 e. The molecule has 0 radical (unpaired) electrons. The number of aromatic nitrogens is 2. The Balaban J connectivity index is 1.81. The van der Waals surface area contributed by atoms with Crippen LogP contribution in [0.5, 0.6) is 0 Å². The molecule has 4 heteroatoms. The molecular weight excluding hydrogens is 224 g/mol. The maximum atomic E-state index is 4.37. The average Bonchev–Trinajstić information content (AvgIpc) is 2.75. The van der Waals surface area contributed by atoms with Crippen LogP contribution in [0.3, 0.4) is 0 Å². The molecule has 18 heavy (non-hydrogen) atoms. The van der Waals surface area contributed by atoms with Crippen LogP contribution in [0.15, 0.2) is 24.5 Å². The summed E-state index contributed by atoms with van der Waals surface area (Å²) < 4.78 is 2.05. The van der Waals surface area contributed by atoms with Crippen LogP contribution in [0.25, 0.3) is 11.0 Å². The topological polar surface area (TPSA) is 41.9 Å². The SMILES string of the molecule is CNCCCCNCc1ccc2c(c1)ncn2C. The van der Waals surface area contributed by atoms with E-state index in [4.69, 9.17) is 0 Å². The second kappa shape index (κ2) is 6.52. The number of hydrogen-bond donors (Lipinski definition) is 2. The standard InChI is InChI=1S/C14H22N4/c1-15-7-3-4-8-16-10-12-5-6-14-13(9-12)17-11-18(14)2/h5-6,9,11,15-16H,3-4,7-8,10H2,1-2H3. The first-order valence-electron chi connectivity index (χ1n) is 6.56. The molecule has 0 unspecified atom stereocenters. The molecule has 0 fully saturated rings. The highest BCUT2D eigenvalue weighted by molar-refractivity contribution is 5.75. The van der Waals surface area contributed by atoms with Crippen LogP contribution in [0.1, 0.15) is 18.4 Å². The largest absolute Gasteiger partial charge is 0.334 e. The third kappa shape index (κ3) is 3.31. The number of rotatable bonds is 7. The van der Waals surface area contributed by atoms with E-state index < -0.39 is 0 Å². The van der Waals surface area contributed by atoms with Crippen molar-refractivity contribution in [1.82, 2.24) is 20.2 Å². The summed E-state index contributed by atoms with van der Waals surface area (Å²) in [4.78, 5) is 4.37. The number of fused-ring (bicyclic) bond motifs is 1. The smallest absolute Gasteiger partial charge is 0.0955 e. The normalized spacial score (nSPS) is 11.2. The van der Waals surface area contributed by atoms with Crippen LogP contribution in [0, 0.1) is 0 Å². The van der Waals surface area contributed by atoms with Crippen molar-refractivity contribution in [2.24, 2.45) is 7.05 Å². The Bertz CT molecular complexity index is 489. The highest BCUT2D eigenvalue weighted by atomic mass is 15.0. The third-order valence-corrected chi connectivity index (χ3v) is 3.15. The molecule has 0 bridgehead atoms. The van der Waals surface area contributed by atoms with E-state index in [2.05, 4.69) is 33.8 Å². The first-order valence-corrected chi connectivity index (χ1v) is 6.56. The van der Waals surface area contributed by atoms with Gasteiger partial charge in [-0.1, -0.05) is 6.07 Å². The molecular formula is C14H22N4. The summed E-state index contributed by atoms with van der Waals surface area (Å²) in [6, 6.07) is 6.47. The Morgan fingerprint density at radius 3 is 2.89 bits per heavy atom. The highest BCUT2D eigenvalue weighted by Gasteiger charge is 2.00. The van der Waals surface area contributed by atoms with Crippen LogP contribution < -0.4 is 10.6 Å². The van der Waals surface area contributed by atoms with Gasteiger partial charge in [0.1, 0.15) is 0 Å². The van der Waals surface area contributed by atoms with Gasteiger partial charge in [-0.2, -0.15) is 0 Å². The van der Waals surface area contributed by atoms with Crippen molar-refractivity contribution in [3.63, 3.8) is 0 Å². The van der Waals surface area contributed by atoms with Gasteiger partial charge < -0.3 is 15.2 Å². The van der Waals surface area contributed by atoms with Crippen LogP contribution >= 0.6 is 0 Å². The van der Waals surface area contributed by atoms with E-state index >= 15 is 0 Å². The number of unbranched alkanes of at least 4 members (excludes halogenated alkanes) is 1. The highest BCUT2D eigenvalue weighted by Crippen LogP contribution is 2.13. The Hall–Kier alpha value is -1.39. The lowest BCUT2D eigenvalue weighted by Crippen LogP contribution is -2.16. The molecule has 0 aliphatic heterocycles. The van der Waals surface area contributed by atoms with Crippen molar-refractivity contribution in [1.29, 1.82) is 0 Å². The summed E-state index contributed by atoms with van der Waals surface area (Å²) >= 11 is 0. The predicted molar refractivity (Wildman–Crippen MR) is 75.6 cm³/mol.